The average molecular weight is 380 g/mol. The molecule has 1 N–H and O–H groups in total. The largest absolute Gasteiger partial charge is 0.346 e. The van der Waals surface area contributed by atoms with Crippen molar-refractivity contribution in [1.82, 2.24) is 5.32 Å². The zero-order chi connectivity index (χ0) is 19.2. The molecule has 0 unspecified atom stereocenters. The number of hydrogen-bond donors (Lipinski definition) is 1. The first-order valence-electron chi connectivity index (χ1n) is 8.86. The van der Waals surface area contributed by atoms with E-state index >= 15 is 0 Å². The monoisotopic (exact) mass is 379 g/mol. The first-order chi connectivity index (χ1) is 13.0. The molecule has 3 rings (SSSR count). The summed E-state index contributed by atoms with van der Waals surface area (Å²) in [6.07, 6.45) is 0. The van der Waals surface area contributed by atoms with Crippen molar-refractivity contribution >= 4 is 17.7 Å². The summed E-state index contributed by atoms with van der Waals surface area (Å²) in [4.78, 5) is 13.7. The van der Waals surface area contributed by atoms with Crippen molar-refractivity contribution in [2.45, 2.75) is 30.5 Å². The van der Waals surface area contributed by atoms with Crippen LogP contribution in [0.2, 0.25) is 0 Å². The number of amides is 1. The summed E-state index contributed by atoms with van der Waals surface area (Å²) in [5, 5.41) is 2.95. The highest BCUT2D eigenvalue weighted by Gasteiger charge is 2.11. The van der Waals surface area contributed by atoms with Crippen LogP contribution in [0.15, 0.2) is 77.7 Å². The lowest BCUT2D eigenvalue weighted by Crippen LogP contribution is -2.26. The molecule has 1 atom stereocenters. The molecule has 0 aliphatic rings. The van der Waals surface area contributed by atoms with Crippen LogP contribution in [0.25, 0.3) is 0 Å². The van der Waals surface area contributed by atoms with Crippen LogP contribution >= 0.6 is 11.8 Å². The molecule has 27 heavy (non-hydrogen) atoms. The Morgan fingerprint density at radius 3 is 2.22 bits per heavy atom. The molecule has 3 aromatic carbocycles. The Morgan fingerprint density at radius 2 is 1.59 bits per heavy atom. The van der Waals surface area contributed by atoms with Gasteiger partial charge in [0.05, 0.1) is 6.04 Å². The molecule has 0 saturated carbocycles. The quantitative estimate of drug-likeness (QED) is 0.539. The SMILES string of the molecule is Cc1ccc(SCc2ccc(C(=O)N[C@@H](C)c3ccc(F)cc3)cc2)cc1. The molecule has 0 aliphatic heterocycles. The van der Waals surface area contributed by atoms with E-state index < -0.39 is 0 Å². The first kappa shape index (κ1) is 19.2. The van der Waals surface area contributed by atoms with Crippen LogP contribution in [0.5, 0.6) is 0 Å². The maximum Gasteiger partial charge on any atom is 0.251 e. The van der Waals surface area contributed by atoms with Gasteiger partial charge in [0.2, 0.25) is 0 Å². The van der Waals surface area contributed by atoms with Gasteiger partial charge < -0.3 is 5.32 Å². The lowest BCUT2D eigenvalue weighted by atomic mass is 10.1. The van der Waals surface area contributed by atoms with Crippen molar-refractivity contribution in [3.63, 3.8) is 0 Å². The third kappa shape index (κ3) is 5.44. The number of aryl methyl sites for hydroxylation is 1. The molecule has 0 spiro atoms. The third-order valence-corrected chi connectivity index (χ3v) is 5.44. The fraction of sp³-hybridized carbons (Fsp3) is 0.174. The lowest BCUT2D eigenvalue weighted by molar-refractivity contribution is 0.0940. The second-order valence-electron chi connectivity index (χ2n) is 6.55. The molecule has 3 aromatic rings. The normalized spacial score (nSPS) is 11.8. The van der Waals surface area contributed by atoms with E-state index in [9.17, 15) is 9.18 Å². The minimum absolute atomic E-state index is 0.135. The average Bonchev–Trinajstić information content (AvgIpc) is 2.68. The predicted octanol–water partition coefficient (Wildman–Crippen LogP) is 5.92. The van der Waals surface area contributed by atoms with Gasteiger partial charge in [-0.2, -0.15) is 0 Å². The van der Waals surface area contributed by atoms with Crippen LogP contribution in [0, 0.1) is 12.7 Å². The van der Waals surface area contributed by atoms with Crippen LogP contribution in [-0.2, 0) is 5.75 Å². The smallest absolute Gasteiger partial charge is 0.251 e. The Morgan fingerprint density at radius 1 is 0.963 bits per heavy atom. The summed E-state index contributed by atoms with van der Waals surface area (Å²) >= 11 is 1.77. The molecule has 0 fully saturated rings. The fourth-order valence-electron chi connectivity index (χ4n) is 2.67. The first-order valence-corrected chi connectivity index (χ1v) is 9.84. The topological polar surface area (TPSA) is 29.1 Å². The molecule has 0 aliphatic carbocycles. The molecule has 4 heteroatoms. The number of rotatable bonds is 6. The Labute approximate surface area is 163 Å². The zero-order valence-corrected chi connectivity index (χ0v) is 16.2. The molecule has 0 saturated heterocycles. The minimum Gasteiger partial charge on any atom is -0.346 e. The van der Waals surface area contributed by atoms with E-state index in [1.165, 1.54) is 28.2 Å². The van der Waals surface area contributed by atoms with Crippen LogP contribution < -0.4 is 5.32 Å². The molecular formula is C23H22FNOS. The van der Waals surface area contributed by atoms with E-state index in [1.54, 1.807) is 23.9 Å². The van der Waals surface area contributed by atoms with Gasteiger partial charge in [0.15, 0.2) is 0 Å². The third-order valence-electron chi connectivity index (χ3n) is 4.36. The van der Waals surface area contributed by atoms with Crippen LogP contribution in [0.3, 0.4) is 0 Å². The molecule has 0 bridgehead atoms. The van der Waals surface area contributed by atoms with Crippen LogP contribution in [-0.4, -0.2) is 5.91 Å². The Balaban J connectivity index is 1.56. The van der Waals surface area contributed by atoms with Crippen molar-refractivity contribution in [2.24, 2.45) is 0 Å². The highest BCUT2D eigenvalue weighted by Crippen LogP contribution is 2.23. The Bertz CT molecular complexity index is 889. The van der Waals surface area contributed by atoms with Crippen molar-refractivity contribution in [2.75, 3.05) is 0 Å². The fourth-order valence-corrected chi connectivity index (χ4v) is 3.52. The summed E-state index contributed by atoms with van der Waals surface area (Å²) in [6, 6.07) is 22.1. The summed E-state index contributed by atoms with van der Waals surface area (Å²) in [5.41, 5.74) is 3.91. The summed E-state index contributed by atoms with van der Waals surface area (Å²) in [7, 11) is 0. The number of carbonyl (C=O) groups is 1. The molecule has 2 nitrogen and oxygen atoms in total. The number of nitrogens with one attached hydrogen (secondary N) is 1. The number of halogens is 1. The van der Waals surface area contributed by atoms with E-state index in [0.29, 0.717) is 5.56 Å². The van der Waals surface area contributed by atoms with Gasteiger partial charge in [0.1, 0.15) is 5.82 Å². The van der Waals surface area contributed by atoms with Crippen LogP contribution in [0.1, 0.15) is 40.0 Å². The number of benzene rings is 3. The highest BCUT2D eigenvalue weighted by atomic mass is 32.2. The molecule has 0 radical (unpaired) electrons. The van der Waals surface area contributed by atoms with Gasteiger partial charge in [-0.15, -0.1) is 11.8 Å². The standard InChI is InChI=1S/C23H22FNOS/c1-16-3-13-22(14-4-16)27-15-18-5-7-20(8-6-18)23(26)25-17(2)19-9-11-21(24)12-10-19/h3-14,17H,15H2,1-2H3,(H,25,26)/t17-/m0/s1. The van der Waals surface area contributed by atoms with Gasteiger partial charge in [-0.25, -0.2) is 4.39 Å². The van der Waals surface area contributed by atoms with E-state index in [-0.39, 0.29) is 17.8 Å². The summed E-state index contributed by atoms with van der Waals surface area (Å²) < 4.78 is 13.0. The van der Waals surface area contributed by atoms with Gasteiger partial charge in [-0.3, -0.25) is 4.79 Å². The minimum atomic E-state index is -0.281. The summed E-state index contributed by atoms with van der Waals surface area (Å²) in [6.45, 7) is 3.97. The molecule has 138 valence electrons. The van der Waals surface area contributed by atoms with Crippen molar-refractivity contribution < 1.29 is 9.18 Å². The van der Waals surface area contributed by atoms with Gasteiger partial charge >= 0.3 is 0 Å². The second-order valence-corrected chi connectivity index (χ2v) is 7.59. The van der Waals surface area contributed by atoms with E-state index in [0.717, 1.165) is 11.3 Å². The van der Waals surface area contributed by atoms with Gasteiger partial charge in [-0.05, 0) is 61.4 Å². The van der Waals surface area contributed by atoms with Crippen molar-refractivity contribution in [1.29, 1.82) is 0 Å². The van der Waals surface area contributed by atoms with E-state index in [1.807, 2.05) is 31.2 Å². The Kier molecular flexibility index (Phi) is 6.30. The zero-order valence-electron chi connectivity index (χ0n) is 15.4. The van der Waals surface area contributed by atoms with Gasteiger partial charge in [-0.1, -0.05) is 42.0 Å². The molecule has 0 heterocycles. The van der Waals surface area contributed by atoms with Crippen LogP contribution in [0.4, 0.5) is 4.39 Å². The predicted molar refractivity (Wildman–Crippen MR) is 109 cm³/mol. The van der Waals surface area contributed by atoms with E-state index in [2.05, 4.69) is 36.5 Å². The number of carbonyl (C=O) groups excluding carboxylic acids is 1. The maximum absolute atomic E-state index is 13.0. The number of thioether (sulfide) groups is 1. The Hall–Kier alpha value is -2.59. The number of hydrogen-bond acceptors (Lipinski definition) is 2. The second kappa shape index (κ2) is 8.87. The maximum atomic E-state index is 13.0. The van der Waals surface area contributed by atoms with Gasteiger partial charge in [0.25, 0.3) is 5.91 Å². The van der Waals surface area contributed by atoms with E-state index in [4.69, 9.17) is 0 Å². The van der Waals surface area contributed by atoms with Gasteiger partial charge in [0, 0.05) is 16.2 Å². The molecule has 1 amide bonds. The lowest BCUT2D eigenvalue weighted by Gasteiger charge is -2.14. The van der Waals surface area contributed by atoms with Crippen molar-refractivity contribution in [3.8, 4) is 0 Å². The molecular weight excluding hydrogens is 357 g/mol. The highest BCUT2D eigenvalue weighted by molar-refractivity contribution is 7.98. The molecule has 0 aromatic heterocycles. The van der Waals surface area contributed by atoms with Crippen molar-refractivity contribution in [3.05, 3.63) is 101 Å². The summed E-state index contributed by atoms with van der Waals surface area (Å²) in [5.74, 6) is 0.442.